The maximum Gasteiger partial charge on any atom is 0.322 e. The quantitative estimate of drug-likeness (QED) is 0.553. The Morgan fingerprint density at radius 1 is 0.828 bits per heavy atom. The second-order valence-corrected chi connectivity index (χ2v) is 8.24. The molecular weight excluding hydrogens is 458 g/mol. The number of rotatable bonds is 2. The maximum absolute atomic E-state index is 12.6. The Hall–Kier alpha value is -1.86. The predicted octanol–water partition coefficient (Wildman–Crippen LogP) is 6.07. The van der Waals surface area contributed by atoms with E-state index >= 15 is 0 Å². The number of piperazine rings is 1. The lowest BCUT2D eigenvalue weighted by molar-refractivity contribution is 0.124. The van der Waals surface area contributed by atoms with Crippen molar-refractivity contribution in [2.24, 2.45) is 0 Å². The maximum atomic E-state index is 12.6. The van der Waals surface area contributed by atoms with Crippen LogP contribution in [0.3, 0.4) is 0 Å². The lowest BCUT2D eigenvalue weighted by atomic mass is 10.2. The van der Waals surface area contributed by atoms with E-state index in [0.717, 1.165) is 0 Å². The first kappa shape index (κ1) is 21.8. The molecule has 1 saturated heterocycles. The van der Waals surface area contributed by atoms with E-state index in [1.165, 1.54) is 0 Å². The average molecular weight is 476 g/mol. The van der Waals surface area contributed by atoms with Crippen LogP contribution in [0, 0.1) is 0 Å². The third-order valence-corrected chi connectivity index (χ3v) is 6.00. The Bertz CT molecular complexity index is 940. The van der Waals surface area contributed by atoms with Crippen molar-refractivity contribution in [2.75, 3.05) is 30.3 Å². The monoisotopic (exact) mass is 474 g/mol. The van der Waals surface area contributed by atoms with Gasteiger partial charge in [-0.15, -0.1) is 0 Å². The number of halogens is 4. The Morgan fingerprint density at radius 3 is 1.83 bits per heavy atom. The van der Waals surface area contributed by atoms with Crippen LogP contribution in [0.2, 0.25) is 20.1 Å². The van der Waals surface area contributed by atoms with Crippen molar-refractivity contribution in [3.8, 4) is 0 Å². The van der Waals surface area contributed by atoms with Crippen LogP contribution in [0.4, 0.5) is 21.0 Å². The van der Waals surface area contributed by atoms with E-state index in [-0.39, 0.29) is 18.1 Å². The number of hydrogen-bond donors (Lipinski definition) is 2. The van der Waals surface area contributed by atoms with Crippen LogP contribution in [0.25, 0.3) is 0 Å². The van der Waals surface area contributed by atoms with Crippen LogP contribution in [0.5, 0.6) is 0 Å². The van der Waals surface area contributed by atoms with Gasteiger partial charge >= 0.3 is 12.1 Å². The molecular formula is C19H18Cl4N4O2. The molecule has 0 radical (unpaired) electrons. The van der Waals surface area contributed by atoms with Crippen molar-refractivity contribution in [3.05, 3.63) is 56.5 Å². The lowest BCUT2D eigenvalue weighted by Gasteiger charge is -2.39. The fourth-order valence-corrected chi connectivity index (χ4v) is 3.59. The summed E-state index contributed by atoms with van der Waals surface area (Å²) in [6.45, 7) is 3.06. The SMILES string of the molecule is C[C@H]1CN(C(=O)Nc2ccc(Cl)c(Cl)c2)CCN1C(=O)Nc1ccc(Cl)c(Cl)c1. The number of anilines is 2. The van der Waals surface area contributed by atoms with E-state index < -0.39 is 0 Å². The second kappa shape index (κ2) is 9.30. The number of urea groups is 2. The summed E-state index contributed by atoms with van der Waals surface area (Å²) in [5.74, 6) is 0. The minimum atomic E-state index is -0.264. The number of carbonyl (C=O) groups excluding carboxylic acids is 2. The van der Waals surface area contributed by atoms with E-state index in [0.29, 0.717) is 51.1 Å². The zero-order chi connectivity index (χ0) is 21.1. The van der Waals surface area contributed by atoms with Crippen LogP contribution in [-0.4, -0.2) is 47.5 Å². The molecule has 1 fully saturated rings. The highest BCUT2D eigenvalue weighted by atomic mass is 35.5. The van der Waals surface area contributed by atoms with Crippen LogP contribution in [-0.2, 0) is 0 Å². The molecule has 10 heteroatoms. The van der Waals surface area contributed by atoms with Crippen molar-refractivity contribution in [3.63, 3.8) is 0 Å². The zero-order valence-corrected chi connectivity index (χ0v) is 18.4. The summed E-state index contributed by atoms with van der Waals surface area (Å²) in [6, 6.07) is 9.07. The van der Waals surface area contributed by atoms with Crippen LogP contribution < -0.4 is 10.6 Å². The van der Waals surface area contributed by atoms with E-state index in [2.05, 4.69) is 10.6 Å². The summed E-state index contributed by atoms with van der Waals surface area (Å²) in [5.41, 5.74) is 1.10. The third kappa shape index (κ3) is 5.39. The molecule has 0 unspecified atom stereocenters. The summed E-state index contributed by atoms with van der Waals surface area (Å²) in [7, 11) is 0. The minimum absolute atomic E-state index is 0.175. The van der Waals surface area contributed by atoms with Gasteiger partial charge < -0.3 is 20.4 Å². The Balaban J connectivity index is 1.57. The van der Waals surface area contributed by atoms with Crippen LogP contribution in [0.15, 0.2) is 36.4 Å². The number of nitrogens with one attached hydrogen (secondary N) is 2. The van der Waals surface area contributed by atoms with Crippen molar-refractivity contribution in [2.45, 2.75) is 13.0 Å². The van der Waals surface area contributed by atoms with Gasteiger partial charge in [0.25, 0.3) is 0 Å². The molecule has 0 aromatic heterocycles. The normalized spacial score (nSPS) is 16.5. The van der Waals surface area contributed by atoms with Crippen molar-refractivity contribution >= 4 is 69.8 Å². The molecule has 3 rings (SSSR count). The van der Waals surface area contributed by atoms with Gasteiger partial charge in [-0.2, -0.15) is 0 Å². The number of benzene rings is 2. The lowest BCUT2D eigenvalue weighted by Crippen LogP contribution is -2.57. The summed E-state index contributed by atoms with van der Waals surface area (Å²) in [5, 5.41) is 7.15. The summed E-state index contributed by atoms with van der Waals surface area (Å²) in [6.07, 6.45) is 0. The average Bonchev–Trinajstić information content (AvgIpc) is 2.67. The first-order valence-electron chi connectivity index (χ1n) is 8.78. The number of amides is 4. The smallest absolute Gasteiger partial charge is 0.321 e. The van der Waals surface area contributed by atoms with Gasteiger partial charge in [-0.25, -0.2) is 9.59 Å². The van der Waals surface area contributed by atoms with Gasteiger partial charge in [0.15, 0.2) is 0 Å². The fraction of sp³-hybridized carbons (Fsp3) is 0.263. The van der Waals surface area contributed by atoms with Crippen molar-refractivity contribution < 1.29 is 9.59 Å². The van der Waals surface area contributed by atoms with Gasteiger partial charge in [0, 0.05) is 37.1 Å². The summed E-state index contributed by atoms with van der Waals surface area (Å²) < 4.78 is 0. The molecule has 0 aliphatic carbocycles. The topological polar surface area (TPSA) is 64.7 Å². The second-order valence-electron chi connectivity index (χ2n) is 6.61. The molecule has 2 N–H and O–H groups in total. The Labute approximate surface area is 188 Å². The molecule has 2 aromatic carbocycles. The van der Waals surface area contributed by atoms with Gasteiger partial charge in [-0.05, 0) is 43.3 Å². The molecule has 2 aromatic rings. The van der Waals surface area contributed by atoms with E-state index in [9.17, 15) is 9.59 Å². The predicted molar refractivity (Wildman–Crippen MR) is 119 cm³/mol. The summed E-state index contributed by atoms with van der Waals surface area (Å²) in [4.78, 5) is 28.5. The standard InChI is InChI=1S/C19H18Cl4N4O2/c1-11-10-26(18(28)24-12-2-4-14(20)16(22)8-12)6-7-27(11)19(29)25-13-3-5-15(21)17(23)9-13/h2-5,8-9,11H,6-7,10H2,1H3,(H,24,28)(H,25,29)/t11-/m0/s1. The molecule has 154 valence electrons. The van der Waals surface area contributed by atoms with E-state index in [1.54, 1.807) is 46.2 Å². The molecule has 1 aliphatic heterocycles. The largest absolute Gasteiger partial charge is 0.322 e. The van der Waals surface area contributed by atoms with Crippen molar-refractivity contribution in [1.29, 1.82) is 0 Å². The highest BCUT2D eigenvalue weighted by Gasteiger charge is 2.30. The third-order valence-electron chi connectivity index (χ3n) is 4.52. The number of carbonyl (C=O) groups is 2. The molecule has 0 saturated carbocycles. The van der Waals surface area contributed by atoms with Gasteiger partial charge in [0.05, 0.1) is 20.1 Å². The van der Waals surface area contributed by atoms with Gasteiger partial charge in [-0.1, -0.05) is 46.4 Å². The molecule has 0 spiro atoms. The molecule has 29 heavy (non-hydrogen) atoms. The highest BCUT2D eigenvalue weighted by molar-refractivity contribution is 6.42. The molecule has 1 aliphatic rings. The minimum Gasteiger partial charge on any atom is -0.321 e. The number of nitrogens with zero attached hydrogens (tertiary/aromatic N) is 2. The van der Waals surface area contributed by atoms with Crippen molar-refractivity contribution in [1.82, 2.24) is 9.80 Å². The van der Waals surface area contributed by atoms with Gasteiger partial charge in [-0.3, -0.25) is 0 Å². The first-order chi connectivity index (χ1) is 13.7. The molecule has 1 atom stereocenters. The molecule has 0 bridgehead atoms. The summed E-state index contributed by atoms with van der Waals surface area (Å²) >= 11 is 23.8. The Kier molecular flexibility index (Phi) is 7.01. The van der Waals surface area contributed by atoms with Crippen LogP contribution >= 0.6 is 46.4 Å². The zero-order valence-electron chi connectivity index (χ0n) is 15.4. The fourth-order valence-electron chi connectivity index (χ4n) is 2.99. The molecule has 6 nitrogen and oxygen atoms in total. The highest BCUT2D eigenvalue weighted by Crippen LogP contribution is 2.26. The Morgan fingerprint density at radius 2 is 1.34 bits per heavy atom. The van der Waals surface area contributed by atoms with E-state index in [4.69, 9.17) is 46.4 Å². The van der Waals surface area contributed by atoms with Gasteiger partial charge in [0.2, 0.25) is 0 Å². The molecule has 4 amide bonds. The van der Waals surface area contributed by atoms with E-state index in [1.807, 2.05) is 6.92 Å². The molecule has 1 heterocycles. The van der Waals surface area contributed by atoms with Crippen LogP contribution in [0.1, 0.15) is 6.92 Å². The number of hydrogen-bond acceptors (Lipinski definition) is 2. The first-order valence-corrected chi connectivity index (χ1v) is 10.3. The van der Waals surface area contributed by atoms with Gasteiger partial charge in [0.1, 0.15) is 0 Å².